The number of benzene rings is 2. The van der Waals surface area contributed by atoms with Crippen LogP contribution >= 0.6 is 31.9 Å². The van der Waals surface area contributed by atoms with Crippen molar-refractivity contribution >= 4 is 43.2 Å². The third-order valence-electron chi connectivity index (χ3n) is 2.49. The zero-order valence-electron chi connectivity index (χ0n) is 9.67. The first-order valence-electron chi connectivity index (χ1n) is 5.33. The lowest BCUT2D eigenvalue weighted by atomic mass is 10.2. The molecule has 0 amide bonds. The van der Waals surface area contributed by atoms with E-state index in [1.165, 1.54) is 5.56 Å². The van der Waals surface area contributed by atoms with E-state index in [2.05, 4.69) is 49.3 Å². The van der Waals surface area contributed by atoms with Gasteiger partial charge in [-0.2, -0.15) is 5.26 Å². The molecular weight excluding hydrogens is 356 g/mol. The van der Waals surface area contributed by atoms with Gasteiger partial charge in [0.25, 0.3) is 0 Å². The van der Waals surface area contributed by atoms with Crippen LogP contribution in [0, 0.1) is 18.3 Å². The first kappa shape index (κ1) is 13.1. The molecule has 0 aliphatic rings. The fourth-order valence-corrected chi connectivity index (χ4v) is 2.62. The van der Waals surface area contributed by atoms with Gasteiger partial charge in [-0.1, -0.05) is 6.07 Å². The van der Waals surface area contributed by atoms with Gasteiger partial charge < -0.3 is 5.32 Å². The minimum absolute atomic E-state index is 0.635. The van der Waals surface area contributed by atoms with Crippen molar-refractivity contribution in [2.75, 3.05) is 5.32 Å². The average molecular weight is 366 g/mol. The second-order valence-electron chi connectivity index (χ2n) is 3.91. The molecule has 0 aliphatic heterocycles. The highest BCUT2D eigenvalue weighted by Crippen LogP contribution is 2.31. The summed E-state index contributed by atoms with van der Waals surface area (Å²) >= 11 is 6.98. The lowest BCUT2D eigenvalue weighted by molar-refractivity contribution is 1.42. The molecule has 0 spiro atoms. The molecular formula is C14H10Br2N2. The van der Waals surface area contributed by atoms with Crippen LogP contribution in [0.15, 0.2) is 45.3 Å². The maximum atomic E-state index is 8.82. The Morgan fingerprint density at radius 1 is 1.00 bits per heavy atom. The molecule has 0 aliphatic carbocycles. The van der Waals surface area contributed by atoms with E-state index < -0.39 is 0 Å². The van der Waals surface area contributed by atoms with Crippen molar-refractivity contribution in [1.82, 2.24) is 0 Å². The zero-order chi connectivity index (χ0) is 13.1. The first-order chi connectivity index (χ1) is 8.60. The Morgan fingerprint density at radius 3 is 2.17 bits per heavy atom. The molecule has 0 saturated carbocycles. The molecule has 2 aromatic rings. The van der Waals surface area contributed by atoms with Gasteiger partial charge in [0.1, 0.15) is 0 Å². The highest BCUT2D eigenvalue weighted by atomic mass is 79.9. The highest BCUT2D eigenvalue weighted by Gasteiger charge is 2.04. The smallest absolute Gasteiger partial charge is 0.0992 e. The molecule has 4 heteroatoms. The fraction of sp³-hybridized carbons (Fsp3) is 0.0714. The fourth-order valence-electron chi connectivity index (χ4n) is 1.55. The van der Waals surface area contributed by atoms with Gasteiger partial charge in [0.2, 0.25) is 0 Å². The molecule has 0 radical (unpaired) electrons. The minimum atomic E-state index is 0.635. The summed E-state index contributed by atoms with van der Waals surface area (Å²) in [6, 6.07) is 13.7. The third kappa shape index (κ3) is 2.92. The minimum Gasteiger partial charge on any atom is -0.354 e. The molecule has 0 saturated heterocycles. The summed E-state index contributed by atoms with van der Waals surface area (Å²) in [7, 11) is 0. The van der Waals surface area contributed by atoms with E-state index in [4.69, 9.17) is 5.26 Å². The largest absolute Gasteiger partial charge is 0.354 e. The Bertz CT molecular complexity index is 630. The summed E-state index contributed by atoms with van der Waals surface area (Å²) in [5.41, 5.74) is 3.76. The van der Waals surface area contributed by atoms with Crippen LogP contribution in [-0.2, 0) is 0 Å². The summed E-state index contributed by atoms with van der Waals surface area (Å²) < 4.78 is 1.88. The number of hydrogen-bond donors (Lipinski definition) is 1. The van der Waals surface area contributed by atoms with Gasteiger partial charge in [-0.25, -0.2) is 0 Å². The van der Waals surface area contributed by atoms with E-state index in [9.17, 15) is 0 Å². The van der Waals surface area contributed by atoms with E-state index in [1.54, 1.807) is 12.1 Å². The molecule has 2 rings (SSSR count). The normalized spacial score (nSPS) is 9.89. The van der Waals surface area contributed by atoms with Gasteiger partial charge in [-0.15, -0.1) is 0 Å². The summed E-state index contributed by atoms with van der Waals surface area (Å²) in [5, 5.41) is 12.1. The maximum Gasteiger partial charge on any atom is 0.0992 e. The zero-order valence-corrected chi connectivity index (χ0v) is 12.8. The Labute approximate surface area is 123 Å². The number of nitrogens with one attached hydrogen (secondary N) is 1. The van der Waals surface area contributed by atoms with Crippen molar-refractivity contribution in [3.8, 4) is 6.07 Å². The molecule has 2 aromatic carbocycles. The Balaban J connectivity index is 2.32. The number of anilines is 2. The monoisotopic (exact) mass is 364 g/mol. The number of rotatable bonds is 2. The quantitative estimate of drug-likeness (QED) is 0.800. The molecule has 0 bridgehead atoms. The van der Waals surface area contributed by atoms with Crippen LogP contribution in [0.5, 0.6) is 0 Å². The van der Waals surface area contributed by atoms with Crippen molar-refractivity contribution in [2.45, 2.75) is 6.92 Å². The molecule has 18 heavy (non-hydrogen) atoms. The van der Waals surface area contributed by atoms with Gasteiger partial charge >= 0.3 is 0 Å². The predicted molar refractivity (Wildman–Crippen MR) is 81.0 cm³/mol. The lowest BCUT2D eigenvalue weighted by Gasteiger charge is -2.11. The lowest BCUT2D eigenvalue weighted by Crippen LogP contribution is -1.93. The second-order valence-corrected chi connectivity index (χ2v) is 5.62. The first-order valence-corrected chi connectivity index (χ1v) is 6.91. The van der Waals surface area contributed by atoms with Crippen LogP contribution in [0.1, 0.15) is 11.1 Å². The molecule has 0 unspecified atom stereocenters. The van der Waals surface area contributed by atoms with E-state index in [1.807, 2.05) is 25.1 Å². The topological polar surface area (TPSA) is 35.8 Å². The number of hydrogen-bond acceptors (Lipinski definition) is 2. The third-order valence-corrected chi connectivity index (χ3v) is 3.80. The van der Waals surface area contributed by atoms with Crippen molar-refractivity contribution in [3.05, 3.63) is 56.5 Å². The Kier molecular flexibility index (Phi) is 4.05. The van der Waals surface area contributed by atoms with Crippen LogP contribution in [-0.4, -0.2) is 0 Å². The Hall–Kier alpha value is -1.31. The average Bonchev–Trinajstić information content (AvgIpc) is 2.34. The Morgan fingerprint density at radius 2 is 1.61 bits per heavy atom. The number of nitriles is 1. The molecule has 0 heterocycles. The van der Waals surface area contributed by atoms with Gasteiger partial charge in [0.15, 0.2) is 0 Å². The van der Waals surface area contributed by atoms with Gasteiger partial charge in [0, 0.05) is 8.95 Å². The molecule has 1 N–H and O–H groups in total. The van der Waals surface area contributed by atoms with Crippen molar-refractivity contribution in [1.29, 1.82) is 5.26 Å². The van der Waals surface area contributed by atoms with Crippen LogP contribution in [0.25, 0.3) is 0 Å². The number of halogens is 2. The molecule has 0 aromatic heterocycles. The SMILES string of the molecule is Cc1ccc(Nc2ccc(C#N)cc2Br)c(Br)c1. The van der Waals surface area contributed by atoms with Crippen LogP contribution in [0.2, 0.25) is 0 Å². The second kappa shape index (κ2) is 5.55. The summed E-state index contributed by atoms with van der Waals surface area (Å²) in [6.07, 6.45) is 0. The number of nitrogens with zero attached hydrogens (tertiary/aromatic N) is 1. The van der Waals surface area contributed by atoms with Crippen molar-refractivity contribution < 1.29 is 0 Å². The maximum absolute atomic E-state index is 8.82. The van der Waals surface area contributed by atoms with Crippen LogP contribution in [0.3, 0.4) is 0 Å². The van der Waals surface area contributed by atoms with Crippen molar-refractivity contribution in [2.24, 2.45) is 0 Å². The van der Waals surface area contributed by atoms with Gasteiger partial charge in [-0.3, -0.25) is 0 Å². The van der Waals surface area contributed by atoms with Crippen LogP contribution < -0.4 is 5.32 Å². The summed E-state index contributed by atoms with van der Waals surface area (Å²) in [5.74, 6) is 0. The van der Waals surface area contributed by atoms with Gasteiger partial charge in [0.05, 0.1) is 23.0 Å². The van der Waals surface area contributed by atoms with Crippen molar-refractivity contribution in [3.63, 3.8) is 0 Å². The predicted octanol–water partition coefficient (Wildman–Crippen LogP) is 5.14. The summed E-state index contributed by atoms with van der Waals surface area (Å²) in [6.45, 7) is 2.05. The highest BCUT2D eigenvalue weighted by molar-refractivity contribution is 9.11. The van der Waals surface area contributed by atoms with Gasteiger partial charge in [-0.05, 0) is 74.7 Å². The van der Waals surface area contributed by atoms with Crippen LogP contribution in [0.4, 0.5) is 11.4 Å². The molecule has 0 atom stereocenters. The van der Waals surface area contributed by atoms with E-state index in [-0.39, 0.29) is 0 Å². The van der Waals surface area contributed by atoms with E-state index in [0.29, 0.717) is 5.56 Å². The van der Waals surface area contributed by atoms with E-state index >= 15 is 0 Å². The molecule has 0 fully saturated rings. The standard InChI is InChI=1S/C14H10Br2N2/c1-9-2-4-13(11(15)6-9)18-14-5-3-10(8-17)7-12(14)16/h2-7,18H,1H3. The molecule has 2 nitrogen and oxygen atoms in total. The summed E-state index contributed by atoms with van der Waals surface area (Å²) in [4.78, 5) is 0. The molecule has 90 valence electrons. The van der Waals surface area contributed by atoms with E-state index in [0.717, 1.165) is 20.3 Å². The number of aryl methyl sites for hydroxylation is 1.